The highest BCUT2D eigenvalue weighted by atomic mass is 16.5. The number of Topliss-reactive ketones (excluding diaryl/α,β-unsaturated/α-hetero) is 1. The molecule has 0 atom stereocenters. The molecule has 4 heteroatoms. The first kappa shape index (κ1) is 10.6. The van der Waals surface area contributed by atoms with Crippen LogP contribution in [0.15, 0.2) is 0 Å². The molecule has 0 unspecified atom stereocenters. The first-order valence-electron chi connectivity index (χ1n) is 5.25. The Morgan fingerprint density at radius 1 is 1.20 bits per heavy atom. The Morgan fingerprint density at radius 3 is 2.20 bits per heavy atom. The molecule has 3 aliphatic carbocycles. The molecule has 0 aliphatic heterocycles. The van der Waals surface area contributed by atoms with E-state index in [1.165, 1.54) is 7.11 Å². The van der Waals surface area contributed by atoms with E-state index in [0.29, 0.717) is 19.3 Å². The van der Waals surface area contributed by atoms with Crippen LogP contribution >= 0.6 is 0 Å². The van der Waals surface area contributed by atoms with Gasteiger partial charge in [0.25, 0.3) is 0 Å². The van der Waals surface area contributed by atoms with Gasteiger partial charge in [-0.2, -0.15) is 0 Å². The molecule has 0 N–H and O–H groups in total. The lowest BCUT2D eigenvalue weighted by molar-refractivity contribution is -0.178. The van der Waals surface area contributed by atoms with E-state index in [1.54, 1.807) is 7.11 Å². The summed E-state index contributed by atoms with van der Waals surface area (Å²) in [6, 6.07) is 0. The van der Waals surface area contributed by atoms with Crippen molar-refractivity contribution in [3.8, 4) is 0 Å². The maximum Gasteiger partial charge on any atom is 0.319 e. The number of carbonyl (C=O) groups excluding carboxylic acids is 2. The van der Waals surface area contributed by atoms with Crippen LogP contribution in [-0.4, -0.2) is 31.6 Å². The number of ether oxygens (including phenoxy) is 2. The zero-order valence-corrected chi connectivity index (χ0v) is 9.17. The molecular weight excluding hydrogens is 196 g/mol. The van der Waals surface area contributed by atoms with E-state index >= 15 is 0 Å². The standard InChI is InChI=1S/C11H16O4/c1-14-9(13)11-5-3-10(15-2,4-6-11)7-8(11)12/h3-7H2,1-2H3. The molecule has 0 aromatic carbocycles. The van der Waals surface area contributed by atoms with Crippen molar-refractivity contribution in [2.75, 3.05) is 14.2 Å². The molecule has 0 radical (unpaired) electrons. The average Bonchev–Trinajstić information content (AvgIpc) is 2.29. The van der Waals surface area contributed by atoms with E-state index < -0.39 is 5.41 Å². The van der Waals surface area contributed by atoms with Crippen molar-refractivity contribution in [2.24, 2.45) is 5.41 Å². The predicted octanol–water partition coefficient (Wildman–Crippen LogP) is 1.08. The van der Waals surface area contributed by atoms with Gasteiger partial charge in [0.15, 0.2) is 5.78 Å². The van der Waals surface area contributed by atoms with Crippen LogP contribution in [0.2, 0.25) is 0 Å². The van der Waals surface area contributed by atoms with Crippen LogP contribution in [-0.2, 0) is 19.1 Å². The van der Waals surface area contributed by atoms with Crippen LogP contribution in [0.5, 0.6) is 0 Å². The Balaban J connectivity index is 2.27. The van der Waals surface area contributed by atoms with Gasteiger partial charge >= 0.3 is 5.97 Å². The van der Waals surface area contributed by atoms with Gasteiger partial charge in [0.1, 0.15) is 5.41 Å². The van der Waals surface area contributed by atoms with Gasteiger partial charge in [-0.3, -0.25) is 9.59 Å². The van der Waals surface area contributed by atoms with E-state index in [-0.39, 0.29) is 17.4 Å². The third kappa shape index (κ3) is 1.31. The summed E-state index contributed by atoms with van der Waals surface area (Å²) in [4.78, 5) is 23.6. The third-order valence-corrected chi connectivity index (χ3v) is 4.04. The first-order chi connectivity index (χ1) is 7.08. The van der Waals surface area contributed by atoms with Gasteiger partial charge in [0.05, 0.1) is 12.7 Å². The predicted molar refractivity (Wildman–Crippen MR) is 52.3 cm³/mol. The molecule has 15 heavy (non-hydrogen) atoms. The number of esters is 1. The summed E-state index contributed by atoms with van der Waals surface area (Å²) in [5.41, 5.74) is -1.15. The Hall–Kier alpha value is -0.900. The van der Waals surface area contributed by atoms with Gasteiger partial charge in [-0.15, -0.1) is 0 Å². The molecule has 3 fully saturated rings. The molecule has 0 aromatic heterocycles. The second-order valence-corrected chi connectivity index (χ2v) is 4.56. The van der Waals surface area contributed by atoms with E-state index in [4.69, 9.17) is 9.47 Å². The normalized spacial score (nSPS) is 39.2. The van der Waals surface area contributed by atoms with Gasteiger partial charge in [0.2, 0.25) is 0 Å². The van der Waals surface area contributed by atoms with Crippen LogP contribution in [0.4, 0.5) is 0 Å². The SMILES string of the molecule is COC(=O)C12CCC(OC)(CC1)CC2=O. The minimum atomic E-state index is -0.852. The highest BCUT2D eigenvalue weighted by Gasteiger charge is 2.59. The topological polar surface area (TPSA) is 52.6 Å². The molecule has 3 aliphatic rings. The number of fused-ring (bicyclic) bond motifs is 3. The largest absolute Gasteiger partial charge is 0.468 e. The Kier molecular flexibility index (Phi) is 2.34. The molecule has 0 aromatic rings. The maximum absolute atomic E-state index is 12.0. The van der Waals surface area contributed by atoms with Gasteiger partial charge in [-0.05, 0) is 25.7 Å². The third-order valence-electron chi connectivity index (χ3n) is 4.04. The minimum Gasteiger partial charge on any atom is -0.468 e. The molecule has 84 valence electrons. The van der Waals surface area contributed by atoms with Gasteiger partial charge in [0, 0.05) is 13.5 Å². The first-order valence-corrected chi connectivity index (χ1v) is 5.25. The average molecular weight is 212 g/mol. The number of hydrogen-bond acceptors (Lipinski definition) is 4. The molecular formula is C11H16O4. The van der Waals surface area contributed by atoms with E-state index in [0.717, 1.165) is 12.8 Å². The lowest BCUT2D eigenvalue weighted by atomic mass is 9.58. The lowest BCUT2D eigenvalue weighted by Gasteiger charge is -2.49. The summed E-state index contributed by atoms with van der Waals surface area (Å²) >= 11 is 0. The van der Waals surface area contributed by atoms with Crippen LogP contribution in [0.25, 0.3) is 0 Å². The molecule has 4 nitrogen and oxygen atoms in total. The van der Waals surface area contributed by atoms with Crippen molar-refractivity contribution in [2.45, 2.75) is 37.7 Å². The number of ketones is 1. The fourth-order valence-electron chi connectivity index (χ4n) is 2.84. The zero-order chi connectivity index (χ0) is 11.1. The highest BCUT2D eigenvalue weighted by Crippen LogP contribution is 2.52. The Labute approximate surface area is 88.9 Å². The van der Waals surface area contributed by atoms with E-state index in [2.05, 4.69) is 0 Å². The summed E-state index contributed by atoms with van der Waals surface area (Å²) in [7, 11) is 2.99. The van der Waals surface area contributed by atoms with Crippen LogP contribution in [0, 0.1) is 5.41 Å². The fraction of sp³-hybridized carbons (Fsp3) is 0.818. The fourth-order valence-corrected chi connectivity index (χ4v) is 2.84. The van der Waals surface area contributed by atoms with Gasteiger partial charge in [-0.25, -0.2) is 0 Å². The number of hydrogen-bond donors (Lipinski definition) is 0. The minimum absolute atomic E-state index is 0.00583. The Morgan fingerprint density at radius 2 is 1.80 bits per heavy atom. The summed E-state index contributed by atoms with van der Waals surface area (Å²) in [6.07, 6.45) is 3.08. The summed E-state index contributed by atoms with van der Waals surface area (Å²) in [5.74, 6) is -0.370. The second kappa shape index (κ2) is 3.30. The smallest absolute Gasteiger partial charge is 0.319 e. The van der Waals surface area contributed by atoms with Crippen molar-refractivity contribution in [3.05, 3.63) is 0 Å². The molecule has 0 spiro atoms. The van der Waals surface area contributed by atoms with Gasteiger partial charge < -0.3 is 9.47 Å². The van der Waals surface area contributed by atoms with Gasteiger partial charge in [-0.1, -0.05) is 0 Å². The molecule has 3 rings (SSSR count). The highest BCUT2D eigenvalue weighted by molar-refractivity contribution is 6.05. The molecule has 0 heterocycles. The quantitative estimate of drug-likeness (QED) is 0.507. The maximum atomic E-state index is 12.0. The zero-order valence-electron chi connectivity index (χ0n) is 9.17. The van der Waals surface area contributed by atoms with Crippen LogP contribution in [0.1, 0.15) is 32.1 Å². The summed E-state index contributed by atoms with van der Waals surface area (Å²) in [6.45, 7) is 0. The molecule has 3 saturated carbocycles. The van der Waals surface area contributed by atoms with Crippen molar-refractivity contribution < 1.29 is 19.1 Å². The molecule has 2 bridgehead atoms. The molecule has 0 saturated heterocycles. The number of carbonyl (C=O) groups is 2. The van der Waals surface area contributed by atoms with E-state index in [9.17, 15) is 9.59 Å². The monoisotopic (exact) mass is 212 g/mol. The number of rotatable bonds is 2. The second-order valence-electron chi connectivity index (χ2n) is 4.56. The van der Waals surface area contributed by atoms with Crippen molar-refractivity contribution >= 4 is 11.8 Å². The summed E-state index contributed by atoms with van der Waals surface area (Å²) < 4.78 is 10.2. The number of methoxy groups -OCH3 is 2. The molecule has 0 amide bonds. The van der Waals surface area contributed by atoms with Crippen molar-refractivity contribution in [1.82, 2.24) is 0 Å². The summed E-state index contributed by atoms with van der Waals surface area (Å²) in [5, 5.41) is 0. The van der Waals surface area contributed by atoms with Crippen LogP contribution in [0.3, 0.4) is 0 Å². The lowest BCUT2D eigenvalue weighted by Crippen LogP contribution is -2.56. The van der Waals surface area contributed by atoms with Crippen molar-refractivity contribution in [1.29, 1.82) is 0 Å². The van der Waals surface area contributed by atoms with Crippen molar-refractivity contribution in [3.63, 3.8) is 0 Å². The van der Waals surface area contributed by atoms with E-state index in [1.807, 2.05) is 0 Å². The Bertz CT molecular complexity index is 300. The van der Waals surface area contributed by atoms with Crippen LogP contribution < -0.4 is 0 Å².